The van der Waals surface area contributed by atoms with Crippen molar-refractivity contribution in [2.75, 3.05) is 13.1 Å². The van der Waals surface area contributed by atoms with Crippen molar-refractivity contribution < 1.29 is 8.42 Å². The van der Waals surface area contributed by atoms with Gasteiger partial charge in [-0.15, -0.1) is 0 Å². The van der Waals surface area contributed by atoms with Crippen LogP contribution in [0.3, 0.4) is 0 Å². The molecule has 18 heavy (non-hydrogen) atoms. The smallest absolute Gasteiger partial charge is 0.182 e. The Labute approximate surface area is 110 Å². The molecule has 0 bridgehead atoms. The topological polar surface area (TPSA) is 46.2 Å². The van der Waals surface area contributed by atoms with Crippen LogP contribution in [-0.4, -0.2) is 26.8 Å². The molecule has 0 spiro atoms. The first-order valence-electron chi connectivity index (χ1n) is 6.37. The number of benzene rings is 1. The molecule has 2 rings (SSSR count). The van der Waals surface area contributed by atoms with Gasteiger partial charge in [0, 0.05) is 6.54 Å². The molecule has 1 atom stereocenters. The molecule has 1 aliphatic heterocycles. The molecule has 1 saturated heterocycles. The summed E-state index contributed by atoms with van der Waals surface area (Å²) in [6, 6.07) is 7.34. The normalized spacial score (nSPS) is 21.2. The predicted octanol–water partition coefficient (Wildman–Crippen LogP) is 2.12. The molecule has 100 valence electrons. The summed E-state index contributed by atoms with van der Waals surface area (Å²) in [7, 11) is -3.16. The van der Waals surface area contributed by atoms with E-state index in [9.17, 15) is 8.42 Å². The first kappa shape index (κ1) is 13.6. The highest BCUT2D eigenvalue weighted by molar-refractivity contribution is 7.92. The highest BCUT2D eigenvalue weighted by Gasteiger charge is 2.30. The van der Waals surface area contributed by atoms with E-state index in [0.29, 0.717) is 17.9 Å². The van der Waals surface area contributed by atoms with Gasteiger partial charge in [0.15, 0.2) is 9.84 Å². The van der Waals surface area contributed by atoms with Crippen LogP contribution in [0.5, 0.6) is 0 Å². The maximum absolute atomic E-state index is 12.4. The van der Waals surface area contributed by atoms with E-state index in [0.717, 1.165) is 12.1 Å². The van der Waals surface area contributed by atoms with E-state index in [1.165, 1.54) is 0 Å². The van der Waals surface area contributed by atoms with Crippen molar-refractivity contribution in [3.05, 3.63) is 29.8 Å². The van der Waals surface area contributed by atoms with Gasteiger partial charge in [0.1, 0.15) is 0 Å². The molecule has 0 aliphatic carbocycles. The fraction of sp³-hybridized carbons (Fsp3) is 0.571. The molecule has 0 saturated carbocycles. The first-order chi connectivity index (χ1) is 8.32. The molecule has 1 aromatic rings. The van der Waals surface area contributed by atoms with Crippen molar-refractivity contribution in [2.24, 2.45) is 0 Å². The predicted molar refractivity (Wildman–Crippen MR) is 73.6 cm³/mol. The van der Waals surface area contributed by atoms with Crippen LogP contribution in [0.4, 0.5) is 0 Å². The summed E-state index contributed by atoms with van der Waals surface area (Å²) in [4.78, 5) is 0.448. The van der Waals surface area contributed by atoms with Gasteiger partial charge in [-0.2, -0.15) is 0 Å². The zero-order valence-electron chi connectivity index (χ0n) is 11.2. The third kappa shape index (κ3) is 2.59. The Balaban J connectivity index is 2.29. The molecular weight excluding hydrogens is 246 g/mol. The van der Waals surface area contributed by atoms with Gasteiger partial charge in [-0.25, -0.2) is 8.42 Å². The minimum atomic E-state index is -3.16. The summed E-state index contributed by atoms with van der Waals surface area (Å²) >= 11 is 0. The quantitative estimate of drug-likeness (QED) is 0.893. The van der Waals surface area contributed by atoms with Crippen molar-refractivity contribution in [3.63, 3.8) is 0 Å². The number of hydrogen-bond acceptors (Lipinski definition) is 3. The largest absolute Gasteiger partial charge is 0.315 e. The van der Waals surface area contributed by atoms with Gasteiger partial charge in [-0.1, -0.05) is 32.9 Å². The summed E-state index contributed by atoms with van der Waals surface area (Å²) in [5.41, 5.74) is 1.21. The van der Waals surface area contributed by atoms with Crippen molar-refractivity contribution in [1.82, 2.24) is 5.32 Å². The summed E-state index contributed by atoms with van der Waals surface area (Å²) < 4.78 is 24.7. The molecule has 1 heterocycles. The lowest BCUT2D eigenvalue weighted by molar-refractivity contribution is 0.579. The third-order valence-corrected chi connectivity index (χ3v) is 5.71. The molecule has 4 heteroatoms. The maximum atomic E-state index is 12.4. The fourth-order valence-electron chi connectivity index (χ4n) is 2.23. The molecule has 3 nitrogen and oxygen atoms in total. The van der Waals surface area contributed by atoms with Crippen LogP contribution in [0.25, 0.3) is 0 Å². The lowest BCUT2D eigenvalue weighted by atomic mass is 9.87. The van der Waals surface area contributed by atoms with Crippen molar-refractivity contribution in [3.8, 4) is 0 Å². The molecule has 1 aliphatic rings. The van der Waals surface area contributed by atoms with Gasteiger partial charge in [0.25, 0.3) is 0 Å². The van der Waals surface area contributed by atoms with E-state index in [1.54, 1.807) is 12.1 Å². The molecule has 1 fully saturated rings. The monoisotopic (exact) mass is 267 g/mol. The van der Waals surface area contributed by atoms with E-state index >= 15 is 0 Å². The van der Waals surface area contributed by atoms with E-state index in [1.807, 2.05) is 12.1 Å². The lowest BCUT2D eigenvalue weighted by Crippen LogP contribution is -2.24. The summed E-state index contributed by atoms with van der Waals surface area (Å²) in [6.45, 7) is 7.74. The number of sulfone groups is 1. The zero-order valence-corrected chi connectivity index (χ0v) is 12.0. The molecule has 1 unspecified atom stereocenters. The van der Waals surface area contributed by atoms with Crippen LogP contribution in [0.1, 0.15) is 32.8 Å². The highest BCUT2D eigenvalue weighted by Crippen LogP contribution is 2.25. The Morgan fingerprint density at radius 2 is 1.78 bits per heavy atom. The van der Waals surface area contributed by atoms with E-state index in [2.05, 4.69) is 26.1 Å². The molecular formula is C14H21NO2S. The molecule has 1 N–H and O–H groups in total. The minimum Gasteiger partial charge on any atom is -0.315 e. The van der Waals surface area contributed by atoms with Crippen LogP contribution in [-0.2, 0) is 15.3 Å². The molecule has 0 amide bonds. The SMILES string of the molecule is CC(C)(C)c1ccc(S(=O)(=O)C2CCNC2)cc1. The second-order valence-corrected chi connectivity index (χ2v) is 8.16. The second kappa shape index (κ2) is 4.67. The average Bonchev–Trinajstić information content (AvgIpc) is 2.82. The van der Waals surface area contributed by atoms with Gasteiger partial charge in [0.05, 0.1) is 10.1 Å². The highest BCUT2D eigenvalue weighted by atomic mass is 32.2. The number of hydrogen-bond donors (Lipinski definition) is 1. The van der Waals surface area contributed by atoms with Crippen molar-refractivity contribution in [2.45, 2.75) is 42.8 Å². The third-order valence-electron chi connectivity index (χ3n) is 3.50. The Hall–Kier alpha value is -0.870. The van der Waals surface area contributed by atoms with Crippen molar-refractivity contribution in [1.29, 1.82) is 0 Å². The molecule has 1 aromatic carbocycles. The van der Waals surface area contributed by atoms with Gasteiger partial charge >= 0.3 is 0 Å². The lowest BCUT2D eigenvalue weighted by Gasteiger charge is -2.19. The summed E-state index contributed by atoms with van der Waals surface area (Å²) in [5, 5.41) is 2.84. The minimum absolute atomic E-state index is 0.0528. The van der Waals surface area contributed by atoms with E-state index in [-0.39, 0.29) is 10.7 Å². The van der Waals surface area contributed by atoms with Crippen LogP contribution in [0.2, 0.25) is 0 Å². The van der Waals surface area contributed by atoms with Crippen LogP contribution < -0.4 is 5.32 Å². The average molecular weight is 267 g/mol. The van der Waals surface area contributed by atoms with E-state index in [4.69, 9.17) is 0 Å². The Kier molecular flexibility index (Phi) is 3.52. The maximum Gasteiger partial charge on any atom is 0.182 e. The molecule has 0 radical (unpaired) electrons. The second-order valence-electron chi connectivity index (χ2n) is 5.93. The summed E-state index contributed by atoms with van der Waals surface area (Å²) in [5.74, 6) is 0. The standard InChI is InChI=1S/C14H21NO2S/c1-14(2,3)11-4-6-12(7-5-11)18(16,17)13-8-9-15-10-13/h4-7,13,15H,8-10H2,1-3H3. The number of rotatable bonds is 2. The Morgan fingerprint density at radius 3 is 2.22 bits per heavy atom. The Bertz CT molecular complexity index is 506. The fourth-order valence-corrected chi connectivity index (χ4v) is 3.90. The number of nitrogens with one attached hydrogen (secondary N) is 1. The van der Waals surface area contributed by atoms with Gasteiger partial charge in [-0.05, 0) is 36.1 Å². The van der Waals surface area contributed by atoms with E-state index < -0.39 is 9.84 Å². The zero-order chi connectivity index (χ0) is 13.4. The van der Waals surface area contributed by atoms with Crippen molar-refractivity contribution >= 4 is 9.84 Å². The first-order valence-corrected chi connectivity index (χ1v) is 7.91. The molecule has 0 aromatic heterocycles. The van der Waals surface area contributed by atoms with Crippen LogP contribution in [0, 0.1) is 0 Å². The van der Waals surface area contributed by atoms with Gasteiger partial charge < -0.3 is 5.32 Å². The van der Waals surface area contributed by atoms with Gasteiger partial charge in [-0.3, -0.25) is 0 Å². The van der Waals surface area contributed by atoms with Gasteiger partial charge in [0.2, 0.25) is 0 Å². The van der Waals surface area contributed by atoms with Crippen LogP contribution >= 0.6 is 0 Å². The summed E-state index contributed by atoms with van der Waals surface area (Å²) in [6.07, 6.45) is 0.712. The Morgan fingerprint density at radius 1 is 1.17 bits per heavy atom. The van der Waals surface area contributed by atoms with Crippen LogP contribution in [0.15, 0.2) is 29.2 Å².